The fraction of sp³-hybridized carbons (Fsp3) is 0.941. The molecule has 0 aromatic rings. The largest absolute Gasteiger partial charge is 0.338 e. The van der Waals surface area contributed by atoms with Crippen LogP contribution < -0.4 is 16.0 Å². The third-order valence-corrected chi connectivity index (χ3v) is 5.12. The number of rotatable bonds is 7. The standard InChI is InChI=1S/C17H34N4O/c1-2-3-4-5-6-7-10-20-16(22)21-14-13-19-15-17(21)8-11-18-12-9-17/h18-19H,2-15H2,1H3,(H,20,22). The van der Waals surface area contributed by atoms with Crippen molar-refractivity contribution in [2.24, 2.45) is 0 Å². The van der Waals surface area contributed by atoms with Gasteiger partial charge in [-0.2, -0.15) is 0 Å². The van der Waals surface area contributed by atoms with Gasteiger partial charge >= 0.3 is 6.03 Å². The number of piperidine rings is 1. The van der Waals surface area contributed by atoms with Crippen molar-refractivity contribution in [3.05, 3.63) is 0 Å². The van der Waals surface area contributed by atoms with Gasteiger partial charge in [0.05, 0.1) is 5.54 Å². The number of amides is 2. The fourth-order valence-electron chi connectivity index (χ4n) is 3.70. The summed E-state index contributed by atoms with van der Waals surface area (Å²) in [7, 11) is 0. The molecule has 128 valence electrons. The lowest BCUT2D eigenvalue weighted by Gasteiger charge is -2.49. The zero-order valence-corrected chi connectivity index (χ0v) is 14.3. The smallest absolute Gasteiger partial charge is 0.317 e. The summed E-state index contributed by atoms with van der Waals surface area (Å²) in [5.74, 6) is 0. The highest BCUT2D eigenvalue weighted by atomic mass is 16.2. The van der Waals surface area contributed by atoms with Crippen molar-refractivity contribution < 1.29 is 4.79 Å². The van der Waals surface area contributed by atoms with E-state index in [-0.39, 0.29) is 11.6 Å². The molecule has 2 fully saturated rings. The summed E-state index contributed by atoms with van der Waals surface area (Å²) in [6, 6.07) is 0.150. The number of carbonyl (C=O) groups is 1. The molecule has 2 aliphatic heterocycles. The first-order valence-electron chi connectivity index (χ1n) is 9.25. The monoisotopic (exact) mass is 310 g/mol. The molecule has 0 aromatic carbocycles. The lowest BCUT2D eigenvalue weighted by molar-refractivity contribution is 0.0624. The highest BCUT2D eigenvalue weighted by Gasteiger charge is 2.42. The van der Waals surface area contributed by atoms with E-state index in [2.05, 4.69) is 27.8 Å². The van der Waals surface area contributed by atoms with E-state index >= 15 is 0 Å². The Bertz CT molecular complexity index is 320. The molecular formula is C17H34N4O. The maximum Gasteiger partial charge on any atom is 0.317 e. The van der Waals surface area contributed by atoms with E-state index in [0.29, 0.717) is 0 Å². The molecule has 2 saturated heterocycles. The molecule has 0 bridgehead atoms. The van der Waals surface area contributed by atoms with Gasteiger partial charge in [0.2, 0.25) is 0 Å². The maximum atomic E-state index is 12.6. The number of unbranched alkanes of at least 4 members (excludes halogenated alkanes) is 5. The SMILES string of the molecule is CCCCCCCCNC(=O)N1CCNCC12CCNCC2. The first kappa shape index (κ1) is 17.5. The van der Waals surface area contributed by atoms with Gasteiger partial charge in [0.1, 0.15) is 0 Å². The number of hydrogen-bond acceptors (Lipinski definition) is 3. The van der Waals surface area contributed by atoms with Gasteiger partial charge < -0.3 is 20.9 Å². The van der Waals surface area contributed by atoms with E-state index in [1.54, 1.807) is 0 Å². The highest BCUT2D eigenvalue weighted by molar-refractivity contribution is 5.75. The third kappa shape index (κ3) is 4.85. The van der Waals surface area contributed by atoms with Crippen molar-refractivity contribution in [1.82, 2.24) is 20.9 Å². The normalized spacial score (nSPS) is 21.0. The van der Waals surface area contributed by atoms with Crippen LogP contribution in [0.4, 0.5) is 4.79 Å². The molecule has 0 unspecified atom stereocenters. The van der Waals surface area contributed by atoms with Crippen LogP contribution in [-0.2, 0) is 0 Å². The van der Waals surface area contributed by atoms with Gasteiger partial charge in [-0.25, -0.2) is 4.79 Å². The van der Waals surface area contributed by atoms with Gasteiger partial charge in [0.15, 0.2) is 0 Å². The zero-order valence-electron chi connectivity index (χ0n) is 14.3. The minimum Gasteiger partial charge on any atom is -0.338 e. The molecule has 0 aliphatic carbocycles. The Morgan fingerprint density at radius 1 is 1.05 bits per heavy atom. The van der Waals surface area contributed by atoms with Crippen molar-refractivity contribution in [2.75, 3.05) is 39.3 Å². The minimum absolute atomic E-state index is 0.0364. The van der Waals surface area contributed by atoms with E-state index < -0.39 is 0 Å². The number of piperazine rings is 1. The predicted octanol–water partition coefficient (Wildman–Crippen LogP) is 2.08. The Labute approximate surface area is 135 Å². The minimum atomic E-state index is 0.0364. The van der Waals surface area contributed by atoms with Crippen LogP contribution in [0.25, 0.3) is 0 Å². The molecule has 2 heterocycles. The highest BCUT2D eigenvalue weighted by Crippen LogP contribution is 2.27. The molecule has 1 spiro atoms. The van der Waals surface area contributed by atoms with Gasteiger partial charge in [-0.1, -0.05) is 39.0 Å². The number of nitrogens with zero attached hydrogens (tertiary/aromatic N) is 1. The van der Waals surface area contributed by atoms with E-state index in [1.165, 1.54) is 32.1 Å². The molecule has 0 radical (unpaired) electrons. The van der Waals surface area contributed by atoms with Crippen LogP contribution in [0, 0.1) is 0 Å². The van der Waals surface area contributed by atoms with Crippen LogP contribution in [-0.4, -0.2) is 55.7 Å². The first-order valence-corrected chi connectivity index (χ1v) is 9.25. The molecule has 2 aliphatic rings. The molecule has 0 aromatic heterocycles. The Hall–Kier alpha value is -0.810. The van der Waals surface area contributed by atoms with E-state index in [1.807, 2.05) is 0 Å². The van der Waals surface area contributed by atoms with Crippen molar-refractivity contribution in [2.45, 2.75) is 63.8 Å². The van der Waals surface area contributed by atoms with Crippen LogP contribution in [0.2, 0.25) is 0 Å². The van der Waals surface area contributed by atoms with Crippen molar-refractivity contribution in [3.63, 3.8) is 0 Å². The second kappa shape index (κ2) is 9.36. The quantitative estimate of drug-likeness (QED) is 0.631. The maximum absolute atomic E-state index is 12.6. The summed E-state index contributed by atoms with van der Waals surface area (Å²) in [5.41, 5.74) is 0.0364. The molecular weight excluding hydrogens is 276 g/mol. The van der Waals surface area contributed by atoms with E-state index in [4.69, 9.17) is 0 Å². The molecule has 22 heavy (non-hydrogen) atoms. The van der Waals surface area contributed by atoms with Crippen molar-refractivity contribution in [3.8, 4) is 0 Å². The van der Waals surface area contributed by atoms with Crippen molar-refractivity contribution in [1.29, 1.82) is 0 Å². The van der Waals surface area contributed by atoms with Crippen LogP contribution >= 0.6 is 0 Å². The Morgan fingerprint density at radius 3 is 2.55 bits per heavy atom. The summed E-state index contributed by atoms with van der Waals surface area (Å²) in [5, 5.41) is 10.0. The number of urea groups is 1. The molecule has 2 amide bonds. The Balaban J connectivity index is 1.70. The summed E-state index contributed by atoms with van der Waals surface area (Å²) in [4.78, 5) is 14.7. The van der Waals surface area contributed by atoms with Crippen LogP contribution in [0.1, 0.15) is 58.3 Å². The van der Waals surface area contributed by atoms with Gasteiger partial charge in [-0.05, 0) is 32.4 Å². The summed E-state index contributed by atoms with van der Waals surface area (Å²) in [6.07, 6.45) is 9.72. The second-order valence-corrected chi connectivity index (χ2v) is 6.80. The van der Waals surface area contributed by atoms with E-state index in [9.17, 15) is 4.79 Å². The fourth-order valence-corrected chi connectivity index (χ4v) is 3.70. The average Bonchev–Trinajstić information content (AvgIpc) is 2.55. The molecule has 0 atom stereocenters. The second-order valence-electron chi connectivity index (χ2n) is 6.80. The van der Waals surface area contributed by atoms with Gasteiger partial charge in [0, 0.05) is 26.2 Å². The van der Waals surface area contributed by atoms with Crippen molar-refractivity contribution >= 4 is 6.03 Å². The molecule has 5 nitrogen and oxygen atoms in total. The third-order valence-electron chi connectivity index (χ3n) is 5.12. The number of carbonyl (C=O) groups excluding carboxylic acids is 1. The summed E-state index contributed by atoms with van der Waals surface area (Å²) in [6.45, 7) is 7.79. The molecule has 5 heteroatoms. The van der Waals surface area contributed by atoms with Crippen LogP contribution in [0.5, 0.6) is 0 Å². The van der Waals surface area contributed by atoms with Gasteiger partial charge in [-0.3, -0.25) is 0 Å². The lowest BCUT2D eigenvalue weighted by atomic mass is 9.85. The molecule has 3 N–H and O–H groups in total. The first-order chi connectivity index (χ1) is 10.8. The lowest BCUT2D eigenvalue weighted by Crippen LogP contribution is -2.67. The molecule has 0 saturated carbocycles. The van der Waals surface area contributed by atoms with Crippen LogP contribution in [0.3, 0.4) is 0 Å². The Kier molecular flexibility index (Phi) is 7.46. The number of nitrogens with one attached hydrogen (secondary N) is 3. The van der Waals surface area contributed by atoms with E-state index in [0.717, 1.165) is 58.5 Å². The number of hydrogen-bond donors (Lipinski definition) is 3. The zero-order chi connectivity index (χ0) is 15.7. The topological polar surface area (TPSA) is 56.4 Å². The predicted molar refractivity (Wildman–Crippen MR) is 91.2 cm³/mol. The van der Waals surface area contributed by atoms with Crippen LogP contribution in [0.15, 0.2) is 0 Å². The van der Waals surface area contributed by atoms with Gasteiger partial charge in [0.25, 0.3) is 0 Å². The average molecular weight is 310 g/mol. The Morgan fingerprint density at radius 2 is 1.77 bits per heavy atom. The van der Waals surface area contributed by atoms with Gasteiger partial charge in [-0.15, -0.1) is 0 Å². The summed E-state index contributed by atoms with van der Waals surface area (Å²) >= 11 is 0. The summed E-state index contributed by atoms with van der Waals surface area (Å²) < 4.78 is 0. The molecule has 2 rings (SSSR count).